The fourth-order valence-corrected chi connectivity index (χ4v) is 22.4. The van der Waals surface area contributed by atoms with E-state index in [9.17, 15) is 0 Å². The Morgan fingerprint density at radius 3 is 0.472 bits per heavy atom. The predicted molar refractivity (Wildman–Crippen MR) is 574 cm³/mol. The molecule has 690 valence electrons. The third-order valence-corrected chi connectivity index (χ3v) is 28.9. The van der Waals surface area contributed by atoms with Crippen molar-refractivity contribution in [3.8, 4) is 45.6 Å². The third kappa shape index (κ3) is 11.6. The predicted octanol–water partition coefficient (Wildman–Crippen LogP) is 21.5. The summed E-state index contributed by atoms with van der Waals surface area (Å²) in [5.41, 5.74) is 23.0. The van der Waals surface area contributed by atoms with E-state index in [1.54, 1.807) is 0 Å². The summed E-state index contributed by atoms with van der Waals surface area (Å²) in [4.78, 5) is 87.9. The zero-order valence-corrected chi connectivity index (χ0v) is 78.7. The van der Waals surface area contributed by atoms with Crippen LogP contribution in [0.4, 0.5) is 45.5 Å². The normalized spacial score (nSPS) is 12.2. The van der Waals surface area contributed by atoms with Crippen LogP contribution in [0.15, 0.2) is 342 Å². The molecular formula is C112H82N32. The largest absolute Gasteiger partial charge is 0.324 e. The van der Waals surface area contributed by atoms with Crippen LogP contribution >= 0.6 is 0 Å². The summed E-state index contributed by atoms with van der Waals surface area (Å²) in [7, 11) is 16.7. The second kappa shape index (κ2) is 30.8. The second-order valence-corrected chi connectivity index (χ2v) is 36.4. The number of anilines is 8. The van der Waals surface area contributed by atoms with Crippen molar-refractivity contribution in [3.05, 3.63) is 342 Å². The van der Waals surface area contributed by atoms with Gasteiger partial charge in [-0.05, 0) is 97.1 Å². The van der Waals surface area contributed by atoms with Crippen molar-refractivity contribution in [2.75, 3.05) is 96.5 Å². The molecular weight excluding hydrogens is 1790 g/mol. The molecule has 0 radical (unpaired) electrons. The van der Waals surface area contributed by atoms with Crippen LogP contribution in [0.25, 0.3) is 221 Å². The molecule has 0 atom stereocenters. The lowest BCUT2D eigenvalue weighted by Crippen LogP contribution is -2.27. The summed E-state index contributed by atoms with van der Waals surface area (Å²) in [6, 6.07) is 99.8. The number of hydrogen-bond acceptors (Lipinski definition) is 22. The van der Waals surface area contributed by atoms with Gasteiger partial charge >= 0.3 is 0 Å². The molecule has 32 heteroatoms. The van der Waals surface area contributed by atoms with E-state index >= 15 is 0 Å². The summed E-state index contributed by atoms with van der Waals surface area (Å²) in [6.45, 7) is 0. The minimum atomic E-state index is 0.278. The molecule has 29 rings (SSSR count). The van der Waals surface area contributed by atoms with Crippen LogP contribution in [0.1, 0.15) is 0 Å². The van der Waals surface area contributed by atoms with Crippen molar-refractivity contribution in [2.24, 2.45) is 0 Å². The molecule has 27 aromatic rings. The van der Waals surface area contributed by atoms with E-state index < -0.39 is 0 Å². The highest BCUT2D eigenvalue weighted by molar-refractivity contribution is 6.31. The number of aromatic amines is 2. The minimum Gasteiger partial charge on any atom is -0.324 e. The van der Waals surface area contributed by atoms with Crippen LogP contribution in [0.5, 0.6) is 0 Å². The van der Waals surface area contributed by atoms with Crippen LogP contribution in [0.2, 0.25) is 0 Å². The summed E-state index contributed by atoms with van der Waals surface area (Å²) in [6.07, 6.45) is 15.0. The minimum absolute atomic E-state index is 0.278. The smallest absolute Gasteiger partial charge is 0.167 e. The number of aromatic nitrogens is 24. The van der Waals surface area contributed by atoms with Gasteiger partial charge in [-0.15, -0.1) is 0 Å². The number of rotatable bonds is 16. The van der Waals surface area contributed by atoms with Gasteiger partial charge in [0.2, 0.25) is 0 Å². The Balaban J connectivity index is 0.882. The summed E-state index contributed by atoms with van der Waals surface area (Å²) in [5, 5.41) is 26.8. The second-order valence-electron chi connectivity index (χ2n) is 36.4. The number of imidazole rings is 8. The number of hydrogen-bond donors (Lipinski definition) is 2. The number of benzene rings is 16. The van der Waals surface area contributed by atoms with Crippen molar-refractivity contribution >= 4 is 221 Å². The average molecular weight is 1880 g/mol. The quantitative estimate of drug-likeness (QED) is 0.0850. The Morgan fingerprint density at radius 1 is 0.167 bits per heavy atom. The molecule has 11 aromatic heterocycles. The van der Waals surface area contributed by atoms with Crippen LogP contribution in [0.3, 0.4) is 0 Å². The average Bonchev–Trinajstić information content (AvgIpc) is 1.53. The first kappa shape index (κ1) is 81.3. The number of para-hydroxylation sites is 16. The van der Waals surface area contributed by atoms with E-state index in [1.807, 2.05) is 196 Å². The zero-order chi connectivity index (χ0) is 95.9. The SMILES string of the molecule is CN(c1c2c(c(N(C)n3cnc4ccccc43)c3ccccc13)-c1nc-2nc2[nH]c(nc3nc(nc4[nH]c(n1)c1c(N(C)n5cnc6ccccc65)c5ccccc5c(N(C)n5cnc6ccccc65)c41)-c1c-3c(N(C)n3cnc4ccccc43)c3ccccc3c1N(C)n1cnc3ccccc31)c1c(N(C)n3cnc4ccccc43)c3ccccc3c(N(C)n3cnc4ccccc43)c21)n1cnc2ccccc21. The molecule has 0 aliphatic carbocycles. The fourth-order valence-electron chi connectivity index (χ4n) is 22.4. The standard InChI is InChI=1S/C112H82N32/c1-129(137-57-113-73-41-17-25-49-81(73)137)97-65-33-9-10-34-66(65)98(130(2)138-58-114-74-42-18-26-50-82(74)138)90-89(97)105-121-106(90)126-108-93-94(102(134(6)142-62-118-78-46-22-30-54-86(78)142)70-38-14-13-37-69(70)101(93)133(5)141-61-117-77-45-21-29-53-85(77)141)110(123-108)128-112-96-95(103(135(7)143-63-119-79-47-23-31-55-87(79)143)71-39-15-16-40-72(71)104(96)136(8)144-64-120-80-48-24-32-56-88(80)144)111(124-112)127-109-92-91(107(122-109)125-105)99(131(3)139-59-115-75-43-19-27-51-83(75)139)67-35-11-12-36-68(67)100(92)132(4)140-60-116-76-44-20-28-52-84(76)140/h9-64H,1-8H3,(H2,121,122,123,124,125,126,127,128). The van der Waals surface area contributed by atoms with E-state index in [1.165, 1.54) is 0 Å². The van der Waals surface area contributed by atoms with E-state index in [2.05, 4.69) is 289 Å². The topological polar surface area (TPSA) is 277 Å². The highest BCUT2D eigenvalue weighted by Crippen LogP contribution is 2.58. The molecule has 32 nitrogen and oxygen atoms in total. The first-order chi connectivity index (χ1) is 70.8. The van der Waals surface area contributed by atoms with Gasteiger partial charge in [0.25, 0.3) is 0 Å². The molecule has 8 bridgehead atoms. The Kier molecular flexibility index (Phi) is 17.4. The van der Waals surface area contributed by atoms with E-state index in [0.29, 0.717) is 66.4 Å². The number of fused-ring (bicyclic) bond motifs is 32. The van der Waals surface area contributed by atoms with Crippen molar-refractivity contribution < 1.29 is 0 Å². The molecule has 2 aliphatic rings. The molecule has 13 heterocycles. The van der Waals surface area contributed by atoms with Crippen molar-refractivity contribution in [3.63, 3.8) is 0 Å². The van der Waals surface area contributed by atoms with Crippen molar-refractivity contribution in [2.45, 2.75) is 0 Å². The maximum absolute atomic E-state index is 6.46. The number of nitrogens with one attached hydrogen (secondary N) is 2. The highest BCUT2D eigenvalue weighted by Gasteiger charge is 2.40. The highest BCUT2D eigenvalue weighted by atomic mass is 15.6. The van der Waals surface area contributed by atoms with Gasteiger partial charge in [-0.1, -0.05) is 194 Å². The summed E-state index contributed by atoms with van der Waals surface area (Å²) in [5.74, 6) is 1.11. The van der Waals surface area contributed by atoms with Gasteiger partial charge in [-0.2, -0.15) is 0 Å². The van der Waals surface area contributed by atoms with E-state index in [4.69, 9.17) is 69.8 Å². The van der Waals surface area contributed by atoms with Crippen molar-refractivity contribution in [1.29, 1.82) is 0 Å². The lowest BCUT2D eigenvalue weighted by atomic mass is 9.95. The molecule has 0 fully saturated rings. The Labute approximate surface area is 817 Å². The van der Waals surface area contributed by atoms with Crippen LogP contribution in [-0.4, -0.2) is 174 Å². The molecule has 0 saturated carbocycles. The van der Waals surface area contributed by atoms with Crippen molar-refractivity contribution in [1.82, 2.24) is 117 Å². The van der Waals surface area contributed by atoms with Gasteiger partial charge in [-0.25, -0.2) is 107 Å². The lowest BCUT2D eigenvalue weighted by Gasteiger charge is -2.30. The molecule has 0 unspecified atom stereocenters. The Bertz CT molecular complexity index is 9180. The summed E-state index contributed by atoms with van der Waals surface area (Å²) >= 11 is 0. The van der Waals surface area contributed by atoms with Crippen LogP contribution in [0, 0.1) is 0 Å². The van der Waals surface area contributed by atoms with Gasteiger partial charge in [0.05, 0.1) is 178 Å². The Hall–Kier alpha value is -19.9. The maximum Gasteiger partial charge on any atom is 0.167 e. The van der Waals surface area contributed by atoms with E-state index in [0.717, 1.165) is 177 Å². The molecule has 16 aromatic carbocycles. The molecule has 0 saturated heterocycles. The van der Waals surface area contributed by atoms with Crippen LogP contribution in [-0.2, 0) is 0 Å². The van der Waals surface area contributed by atoms with Gasteiger partial charge in [0.1, 0.15) is 73.2 Å². The zero-order valence-electron chi connectivity index (χ0n) is 78.7. The molecule has 2 aliphatic heterocycles. The monoisotopic (exact) mass is 1870 g/mol. The van der Waals surface area contributed by atoms with Gasteiger partial charge < -0.3 is 9.97 Å². The summed E-state index contributed by atoms with van der Waals surface area (Å²) < 4.78 is 16.8. The van der Waals surface area contributed by atoms with Gasteiger partial charge in [-0.3, -0.25) is 40.1 Å². The molecule has 144 heavy (non-hydrogen) atoms. The lowest BCUT2D eigenvalue weighted by molar-refractivity contribution is 0.796. The number of nitrogens with zero attached hydrogens (tertiary/aromatic N) is 30. The number of H-pyrrole nitrogens is 2. The Morgan fingerprint density at radius 2 is 0.306 bits per heavy atom. The molecule has 0 amide bonds. The fraction of sp³-hybridized carbons (Fsp3) is 0.0714. The third-order valence-electron chi connectivity index (χ3n) is 28.9. The van der Waals surface area contributed by atoms with Gasteiger partial charge in [0, 0.05) is 99.5 Å². The maximum atomic E-state index is 6.46. The van der Waals surface area contributed by atoms with Crippen LogP contribution < -0.4 is 40.1 Å². The molecule has 2 N–H and O–H groups in total. The molecule has 0 spiro atoms. The van der Waals surface area contributed by atoms with E-state index in [-0.39, 0.29) is 23.3 Å². The first-order valence-electron chi connectivity index (χ1n) is 47.3. The van der Waals surface area contributed by atoms with Gasteiger partial charge in [0.15, 0.2) is 23.3 Å². The first-order valence-corrected chi connectivity index (χ1v) is 47.3.